The summed E-state index contributed by atoms with van der Waals surface area (Å²) in [5.74, 6) is -0.120. The Labute approximate surface area is 202 Å². The van der Waals surface area contributed by atoms with Crippen LogP contribution in [0.2, 0.25) is 10.0 Å². The normalized spacial score (nSPS) is 27.2. The fraction of sp³-hybridized carbons (Fsp3) is 0.609. The Balaban J connectivity index is 1.41. The Kier molecular flexibility index (Phi) is 7.66. The van der Waals surface area contributed by atoms with Crippen molar-refractivity contribution in [3.8, 4) is 5.75 Å². The average molecular weight is 498 g/mol. The standard InChI is InChI=1S/C23H29Cl2N3O5/c24-15-4-5-19(18(25)9-15)33-12-20(30)28-10-14-2-1-3-17(14)21(28)23(32)27-16(11-29)8-13-6-7-26-22(13)31/h4-5,9,13-14,16-17,21,29H,1-3,6-8,10-12H2,(H,26,31)(H,27,32)/t13-,14-,16-,17-,21-/m0/s1. The zero-order valence-corrected chi connectivity index (χ0v) is 19.8. The molecular formula is C23H29Cl2N3O5. The third kappa shape index (κ3) is 5.39. The number of carbonyl (C=O) groups excluding carboxylic acids is 3. The summed E-state index contributed by atoms with van der Waals surface area (Å²) in [4.78, 5) is 39.9. The number of aliphatic hydroxyl groups excluding tert-OH is 1. The van der Waals surface area contributed by atoms with E-state index in [1.807, 2.05) is 0 Å². The lowest BCUT2D eigenvalue weighted by Crippen LogP contribution is -2.53. The van der Waals surface area contributed by atoms with Gasteiger partial charge in [0.2, 0.25) is 11.8 Å². The predicted molar refractivity (Wildman–Crippen MR) is 123 cm³/mol. The minimum Gasteiger partial charge on any atom is -0.482 e. The molecular weight excluding hydrogens is 469 g/mol. The van der Waals surface area contributed by atoms with Crippen LogP contribution in [0.25, 0.3) is 0 Å². The van der Waals surface area contributed by atoms with Crippen LogP contribution in [0.1, 0.15) is 32.1 Å². The molecule has 1 aromatic carbocycles. The molecule has 8 nitrogen and oxygen atoms in total. The van der Waals surface area contributed by atoms with Crippen LogP contribution in [0.5, 0.6) is 5.75 Å². The van der Waals surface area contributed by atoms with Gasteiger partial charge in [-0.05, 0) is 55.7 Å². The lowest BCUT2D eigenvalue weighted by molar-refractivity contribution is -0.141. The van der Waals surface area contributed by atoms with E-state index in [2.05, 4.69) is 10.6 Å². The summed E-state index contributed by atoms with van der Waals surface area (Å²) < 4.78 is 5.62. The number of likely N-dealkylation sites (tertiary alicyclic amines) is 1. The Morgan fingerprint density at radius 1 is 1.27 bits per heavy atom. The van der Waals surface area contributed by atoms with Crippen molar-refractivity contribution in [1.82, 2.24) is 15.5 Å². The van der Waals surface area contributed by atoms with Gasteiger partial charge in [0.25, 0.3) is 5.91 Å². The third-order valence-electron chi connectivity index (χ3n) is 7.02. The van der Waals surface area contributed by atoms with Gasteiger partial charge in [0.1, 0.15) is 11.8 Å². The molecule has 0 unspecified atom stereocenters. The molecule has 3 aliphatic rings. The van der Waals surface area contributed by atoms with Gasteiger partial charge in [-0.15, -0.1) is 0 Å². The Morgan fingerprint density at radius 2 is 2.09 bits per heavy atom. The van der Waals surface area contributed by atoms with Crippen molar-refractivity contribution in [2.24, 2.45) is 17.8 Å². The molecule has 0 spiro atoms. The van der Waals surface area contributed by atoms with Gasteiger partial charge in [-0.1, -0.05) is 29.6 Å². The molecule has 5 atom stereocenters. The van der Waals surface area contributed by atoms with Crippen LogP contribution >= 0.6 is 23.2 Å². The predicted octanol–water partition coefficient (Wildman–Crippen LogP) is 2.00. The second-order valence-electron chi connectivity index (χ2n) is 9.11. The number of ether oxygens (including phenoxy) is 1. The van der Waals surface area contributed by atoms with Gasteiger partial charge in [-0.2, -0.15) is 0 Å². The van der Waals surface area contributed by atoms with Crippen molar-refractivity contribution in [2.45, 2.75) is 44.2 Å². The highest BCUT2D eigenvalue weighted by molar-refractivity contribution is 6.35. The van der Waals surface area contributed by atoms with Crippen LogP contribution in [0.3, 0.4) is 0 Å². The molecule has 0 bridgehead atoms. The number of aliphatic hydroxyl groups is 1. The Morgan fingerprint density at radius 3 is 2.79 bits per heavy atom. The topological polar surface area (TPSA) is 108 Å². The van der Waals surface area contributed by atoms with E-state index in [-0.39, 0.29) is 48.7 Å². The number of nitrogens with one attached hydrogen (secondary N) is 2. The van der Waals surface area contributed by atoms with Gasteiger partial charge >= 0.3 is 0 Å². The lowest BCUT2D eigenvalue weighted by Gasteiger charge is -2.29. The average Bonchev–Trinajstić information content (AvgIpc) is 3.48. The van der Waals surface area contributed by atoms with Crippen molar-refractivity contribution in [3.63, 3.8) is 0 Å². The van der Waals surface area contributed by atoms with E-state index in [1.165, 1.54) is 0 Å². The minimum absolute atomic E-state index is 0.0470. The zero-order chi connectivity index (χ0) is 23.5. The molecule has 33 heavy (non-hydrogen) atoms. The first-order chi connectivity index (χ1) is 15.9. The zero-order valence-electron chi connectivity index (χ0n) is 18.3. The number of halogens is 2. The van der Waals surface area contributed by atoms with Crippen LogP contribution in [0.4, 0.5) is 0 Å². The third-order valence-corrected chi connectivity index (χ3v) is 7.55. The molecule has 3 N–H and O–H groups in total. The highest BCUT2D eigenvalue weighted by Gasteiger charge is 2.49. The summed E-state index contributed by atoms with van der Waals surface area (Å²) in [7, 11) is 0. The fourth-order valence-corrected chi connectivity index (χ4v) is 5.85. The Hall–Kier alpha value is -2.03. The van der Waals surface area contributed by atoms with Gasteiger partial charge in [-0.25, -0.2) is 0 Å². The summed E-state index contributed by atoms with van der Waals surface area (Å²) in [5, 5.41) is 16.3. The molecule has 180 valence electrons. The van der Waals surface area contributed by atoms with Gasteiger partial charge in [0, 0.05) is 24.0 Å². The van der Waals surface area contributed by atoms with E-state index >= 15 is 0 Å². The summed E-state index contributed by atoms with van der Waals surface area (Å²) in [6.07, 6.45) is 3.96. The molecule has 3 fully saturated rings. The number of hydrogen-bond donors (Lipinski definition) is 3. The highest BCUT2D eigenvalue weighted by Crippen LogP contribution is 2.42. The molecule has 3 amide bonds. The Bertz CT molecular complexity index is 914. The quantitative estimate of drug-likeness (QED) is 0.508. The summed E-state index contributed by atoms with van der Waals surface area (Å²) in [6, 6.07) is 3.63. The van der Waals surface area contributed by atoms with E-state index in [9.17, 15) is 19.5 Å². The number of fused-ring (bicyclic) bond motifs is 1. The maximum Gasteiger partial charge on any atom is 0.261 e. The van der Waals surface area contributed by atoms with Crippen LogP contribution < -0.4 is 15.4 Å². The maximum absolute atomic E-state index is 13.3. The lowest BCUT2D eigenvalue weighted by atomic mass is 9.92. The fourth-order valence-electron chi connectivity index (χ4n) is 5.39. The highest BCUT2D eigenvalue weighted by atomic mass is 35.5. The second kappa shape index (κ2) is 10.5. The monoisotopic (exact) mass is 497 g/mol. The van der Waals surface area contributed by atoms with E-state index in [0.717, 1.165) is 19.3 Å². The maximum atomic E-state index is 13.3. The first-order valence-corrected chi connectivity index (χ1v) is 12.2. The number of rotatable bonds is 8. The molecule has 10 heteroatoms. The van der Waals surface area contributed by atoms with Crippen LogP contribution in [-0.2, 0) is 14.4 Å². The summed E-state index contributed by atoms with van der Waals surface area (Å²) in [5.41, 5.74) is 0. The number of nitrogens with zero attached hydrogens (tertiary/aromatic N) is 1. The van der Waals surface area contributed by atoms with E-state index < -0.39 is 12.1 Å². The summed E-state index contributed by atoms with van der Waals surface area (Å²) >= 11 is 12.0. The van der Waals surface area contributed by atoms with Crippen molar-refractivity contribution in [1.29, 1.82) is 0 Å². The number of carbonyl (C=O) groups is 3. The van der Waals surface area contributed by atoms with Gasteiger partial charge in [0.05, 0.1) is 17.7 Å². The molecule has 2 heterocycles. The van der Waals surface area contributed by atoms with Crippen molar-refractivity contribution in [3.05, 3.63) is 28.2 Å². The minimum atomic E-state index is -0.610. The number of amides is 3. The molecule has 2 saturated heterocycles. The van der Waals surface area contributed by atoms with Gasteiger partial charge in [-0.3, -0.25) is 14.4 Å². The van der Waals surface area contributed by atoms with E-state index in [1.54, 1.807) is 23.1 Å². The van der Waals surface area contributed by atoms with E-state index in [0.29, 0.717) is 41.7 Å². The molecule has 4 rings (SSSR count). The van der Waals surface area contributed by atoms with Crippen LogP contribution in [0, 0.1) is 17.8 Å². The van der Waals surface area contributed by atoms with Gasteiger partial charge in [0.15, 0.2) is 6.61 Å². The SMILES string of the molecule is O=C1NCC[C@H]1C[C@@H](CO)NC(=O)[C@@H]1[C@H]2CCC[C@H]2CN1C(=O)COc1ccc(Cl)cc1Cl. The van der Waals surface area contributed by atoms with Crippen molar-refractivity contribution >= 4 is 40.9 Å². The molecule has 2 aliphatic heterocycles. The van der Waals surface area contributed by atoms with E-state index in [4.69, 9.17) is 27.9 Å². The molecule has 0 aromatic heterocycles. The smallest absolute Gasteiger partial charge is 0.261 e. The van der Waals surface area contributed by atoms with Gasteiger partial charge < -0.3 is 25.4 Å². The molecule has 1 aliphatic carbocycles. The first kappa shape index (κ1) is 24.1. The van der Waals surface area contributed by atoms with Crippen LogP contribution in [-0.4, -0.2) is 66.1 Å². The van der Waals surface area contributed by atoms with Crippen molar-refractivity contribution < 1.29 is 24.2 Å². The van der Waals surface area contributed by atoms with Crippen molar-refractivity contribution in [2.75, 3.05) is 26.3 Å². The second-order valence-corrected chi connectivity index (χ2v) is 9.95. The number of hydrogen-bond acceptors (Lipinski definition) is 5. The first-order valence-electron chi connectivity index (χ1n) is 11.4. The molecule has 0 radical (unpaired) electrons. The largest absolute Gasteiger partial charge is 0.482 e. The van der Waals surface area contributed by atoms with Crippen LogP contribution in [0.15, 0.2) is 18.2 Å². The molecule has 1 aromatic rings. The molecule has 1 saturated carbocycles. The summed E-state index contributed by atoms with van der Waals surface area (Å²) in [6.45, 7) is 0.620. The number of benzene rings is 1.